The first kappa shape index (κ1) is 15.3. The number of H-pyrrole nitrogens is 1. The number of hydrogen-bond acceptors (Lipinski definition) is 6. The highest BCUT2D eigenvalue weighted by molar-refractivity contribution is 5.78. The molecular formula is C16H18N8O. The second kappa shape index (κ2) is 5.69. The Bertz CT molecular complexity index is 1120. The summed E-state index contributed by atoms with van der Waals surface area (Å²) in [5.74, 6) is 0.972. The lowest BCUT2D eigenvalue weighted by Crippen LogP contribution is -2.21. The molecule has 0 atom stereocenters. The largest absolute Gasteiger partial charge is 0.290 e. The van der Waals surface area contributed by atoms with E-state index in [0.29, 0.717) is 22.9 Å². The Morgan fingerprint density at radius 3 is 2.92 bits per heavy atom. The number of aryl methyl sites for hydroxylation is 2. The van der Waals surface area contributed by atoms with Crippen LogP contribution in [0.4, 0.5) is 11.9 Å². The maximum atomic E-state index is 12.5. The molecule has 0 bridgehead atoms. The van der Waals surface area contributed by atoms with Crippen molar-refractivity contribution in [3.63, 3.8) is 0 Å². The van der Waals surface area contributed by atoms with Crippen LogP contribution in [0, 0.1) is 0 Å². The highest BCUT2D eigenvalue weighted by atomic mass is 16.1. The Kier molecular flexibility index (Phi) is 3.48. The van der Waals surface area contributed by atoms with Crippen LogP contribution in [0.25, 0.3) is 16.7 Å². The van der Waals surface area contributed by atoms with Crippen molar-refractivity contribution in [2.75, 3.05) is 11.9 Å². The molecule has 128 valence electrons. The van der Waals surface area contributed by atoms with Gasteiger partial charge >= 0.3 is 0 Å². The number of fused-ring (bicyclic) bond motifs is 2. The predicted molar refractivity (Wildman–Crippen MR) is 94.2 cm³/mol. The molecule has 0 amide bonds. The quantitative estimate of drug-likeness (QED) is 0.604. The molecule has 4 aromatic heterocycles. The lowest BCUT2D eigenvalue weighted by Gasteiger charge is -2.15. The topological polar surface area (TPSA) is 97.0 Å². The SMILES string of the molecule is CCCc1nn(C)c2c(=O)[nH]c(N(C)c3nnc4ccccn34)nc12. The molecule has 0 fully saturated rings. The van der Waals surface area contributed by atoms with Crippen LogP contribution in [0.2, 0.25) is 0 Å². The first-order chi connectivity index (χ1) is 12.1. The predicted octanol–water partition coefficient (Wildman–Crippen LogP) is 1.42. The summed E-state index contributed by atoms with van der Waals surface area (Å²) in [6, 6.07) is 5.66. The highest BCUT2D eigenvalue weighted by Gasteiger charge is 2.19. The van der Waals surface area contributed by atoms with Gasteiger partial charge in [0.2, 0.25) is 11.9 Å². The second-order valence-corrected chi connectivity index (χ2v) is 5.89. The second-order valence-electron chi connectivity index (χ2n) is 5.89. The van der Waals surface area contributed by atoms with Crippen LogP contribution in [0.5, 0.6) is 0 Å². The minimum Gasteiger partial charge on any atom is -0.290 e. The Morgan fingerprint density at radius 1 is 1.28 bits per heavy atom. The fourth-order valence-electron chi connectivity index (χ4n) is 2.95. The van der Waals surface area contributed by atoms with E-state index in [1.807, 2.05) is 28.8 Å². The number of hydrogen-bond donors (Lipinski definition) is 1. The smallest absolute Gasteiger partial charge is 0.278 e. The van der Waals surface area contributed by atoms with Crippen LogP contribution in [-0.2, 0) is 13.5 Å². The van der Waals surface area contributed by atoms with Crippen molar-refractivity contribution < 1.29 is 0 Å². The molecule has 4 heterocycles. The molecule has 0 spiro atoms. The molecule has 4 aromatic rings. The Morgan fingerprint density at radius 2 is 2.12 bits per heavy atom. The van der Waals surface area contributed by atoms with Gasteiger partial charge in [0.25, 0.3) is 5.56 Å². The highest BCUT2D eigenvalue weighted by Crippen LogP contribution is 2.21. The van der Waals surface area contributed by atoms with E-state index in [0.717, 1.165) is 24.2 Å². The number of rotatable bonds is 4. The zero-order valence-electron chi connectivity index (χ0n) is 14.3. The third-order valence-corrected chi connectivity index (χ3v) is 4.15. The van der Waals surface area contributed by atoms with Crippen molar-refractivity contribution in [2.24, 2.45) is 7.05 Å². The summed E-state index contributed by atoms with van der Waals surface area (Å²) >= 11 is 0. The molecule has 0 aliphatic heterocycles. The summed E-state index contributed by atoms with van der Waals surface area (Å²) in [4.78, 5) is 21.7. The summed E-state index contributed by atoms with van der Waals surface area (Å²) in [6.07, 6.45) is 3.57. The molecule has 0 aromatic carbocycles. The van der Waals surface area contributed by atoms with Crippen molar-refractivity contribution in [1.29, 1.82) is 0 Å². The van der Waals surface area contributed by atoms with Crippen LogP contribution < -0.4 is 10.5 Å². The van der Waals surface area contributed by atoms with Gasteiger partial charge in [0, 0.05) is 20.3 Å². The van der Waals surface area contributed by atoms with E-state index in [9.17, 15) is 4.79 Å². The summed E-state index contributed by atoms with van der Waals surface area (Å²) in [6.45, 7) is 2.07. The standard InChI is InChI=1S/C16H18N8O/c1-4-7-10-12-13(23(3)21-10)14(25)18-15(17-12)22(2)16-20-19-11-8-5-6-9-24(11)16/h5-6,8-9H,4,7H2,1-3H3,(H,17,18,25). The minimum atomic E-state index is -0.224. The van der Waals surface area contributed by atoms with E-state index in [-0.39, 0.29) is 5.56 Å². The number of anilines is 2. The fourth-order valence-corrected chi connectivity index (χ4v) is 2.95. The van der Waals surface area contributed by atoms with Crippen LogP contribution in [-0.4, -0.2) is 41.4 Å². The zero-order valence-corrected chi connectivity index (χ0v) is 14.3. The number of aromatic amines is 1. The van der Waals surface area contributed by atoms with Gasteiger partial charge in [0.05, 0.1) is 5.69 Å². The van der Waals surface area contributed by atoms with Crippen molar-refractivity contribution in [1.82, 2.24) is 34.3 Å². The number of pyridine rings is 1. The van der Waals surface area contributed by atoms with Crippen molar-refractivity contribution in [3.05, 3.63) is 40.4 Å². The van der Waals surface area contributed by atoms with E-state index in [1.54, 1.807) is 23.7 Å². The average molecular weight is 338 g/mol. The molecule has 0 radical (unpaired) electrons. The van der Waals surface area contributed by atoms with Gasteiger partial charge in [-0.3, -0.25) is 23.8 Å². The lowest BCUT2D eigenvalue weighted by molar-refractivity contribution is 0.750. The number of aromatic nitrogens is 7. The average Bonchev–Trinajstić information content (AvgIpc) is 3.16. The van der Waals surface area contributed by atoms with Crippen molar-refractivity contribution >= 4 is 28.6 Å². The molecule has 25 heavy (non-hydrogen) atoms. The van der Waals surface area contributed by atoms with Gasteiger partial charge in [-0.15, -0.1) is 10.2 Å². The molecule has 0 unspecified atom stereocenters. The van der Waals surface area contributed by atoms with Crippen LogP contribution in [0.3, 0.4) is 0 Å². The van der Waals surface area contributed by atoms with E-state index < -0.39 is 0 Å². The molecule has 4 rings (SSSR count). The molecule has 0 aliphatic rings. The first-order valence-corrected chi connectivity index (χ1v) is 8.09. The third-order valence-electron chi connectivity index (χ3n) is 4.15. The number of nitrogens with zero attached hydrogens (tertiary/aromatic N) is 7. The fraction of sp³-hybridized carbons (Fsp3) is 0.312. The molecule has 0 aliphatic carbocycles. The summed E-state index contributed by atoms with van der Waals surface area (Å²) in [5.41, 5.74) is 2.43. The van der Waals surface area contributed by atoms with Gasteiger partial charge in [-0.1, -0.05) is 19.4 Å². The Hall–Kier alpha value is -3.23. The van der Waals surface area contributed by atoms with E-state index >= 15 is 0 Å². The van der Waals surface area contributed by atoms with Crippen molar-refractivity contribution in [2.45, 2.75) is 19.8 Å². The summed E-state index contributed by atoms with van der Waals surface area (Å²) < 4.78 is 3.42. The van der Waals surface area contributed by atoms with E-state index in [4.69, 9.17) is 0 Å². The van der Waals surface area contributed by atoms with Crippen LogP contribution in [0.15, 0.2) is 29.2 Å². The zero-order chi connectivity index (χ0) is 17.6. The third kappa shape index (κ3) is 2.35. The van der Waals surface area contributed by atoms with Gasteiger partial charge in [-0.05, 0) is 18.6 Å². The van der Waals surface area contributed by atoms with E-state index in [1.165, 1.54) is 0 Å². The molecular weight excluding hydrogens is 320 g/mol. The van der Waals surface area contributed by atoms with Crippen molar-refractivity contribution in [3.8, 4) is 0 Å². The molecule has 0 saturated carbocycles. The van der Waals surface area contributed by atoms with Gasteiger partial charge in [0.15, 0.2) is 11.2 Å². The van der Waals surface area contributed by atoms with Gasteiger partial charge in [-0.2, -0.15) is 5.10 Å². The first-order valence-electron chi connectivity index (χ1n) is 8.09. The van der Waals surface area contributed by atoms with Crippen LogP contribution >= 0.6 is 0 Å². The minimum absolute atomic E-state index is 0.224. The summed E-state index contributed by atoms with van der Waals surface area (Å²) in [5, 5.41) is 12.8. The monoisotopic (exact) mass is 338 g/mol. The Balaban J connectivity index is 1.88. The Labute approximate surface area is 142 Å². The molecule has 9 heteroatoms. The molecule has 1 N–H and O–H groups in total. The normalized spacial score (nSPS) is 11.5. The lowest BCUT2D eigenvalue weighted by atomic mass is 10.2. The van der Waals surface area contributed by atoms with Gasteiger partial charge in [0.1, 0.15) is 5.52 Å². The van der Waals surface area contributed by atoms with Crippen LogP contribution in [0.1, 0.15) is 19.0 Å². The summed E-state index contributed by atoms with van der Waals surface area (Å²) in [7, 11) is 3.55. The van der Waals surface area contributed by atoms with E-state index in [2.05, 4.69) is 32.2 Å². The molecule has 9 nitrogen and oxygen atoms in total. The number of nitrogens with one attached hydrogen (secondary N) is 1. The molecule has 0 saturated heterocycles. The maximum absolute atomic E-state index is 12.5. The maximum Gasteiger partial charge on any atom is 0.278 e. The van der Waals surface area contributed by atoms with Gasteiger partial charge in [-0.25, -0.2) is 4.98 Å². The van der Waals surface area contributed by atoms with Gasteiger partial charge < -0.3 is 0 Å².